The van der Waals surface area contributed by atoms with Crippen molar-refractivity contribution in [3.8, 4) is 0 Å². The number of carbonyl (C=O) groups is 1. The number of allylic oxidation sites excluding steroid dienone is 2. The van der Waals surface area contributed by atoms with Crippen molar-refractivity contribution in [2.75, 3.05) is 11.4 Å². The monoisotopic (exact) mass is 443 g/mol. The van der Waals surface area contributed by atoms with Crippen LogP contribution in [0, 0.1) is 11.8 Å². The number of amides is 1. The fraction of sp³-hybridized carbons (Fsp3) is 0.433. The number of hydrogen-bond acceptors (Lipinski definition) is 2. The lowest BCUT2D eigenvalue weighted by atomic mass is 9.72. The van der Waals surface area contributed by atoms with Crippen LogP contribution in [-0.2, 0) is 16.1 Å². The third-order valence-corrected chi connectivity index (χ3v) is 7.12. The minimum Gasteiger partial charge on any atom is -0.489 e. The van der Waals surface area contributed by atoms with E-state index in [0.29, 0.717) is 25.0 Å². The molecule has 4 rings (SSSR count). The molecule has 0 saturated carbocycles. The first-order valence-corrected chi connectivity index (χ1v) is 12.5. The van der Waals surface area contributed by atoms with Crippen LogP contribution >= 0.6 is 0 Å². The predicted octanol–water partition coefficient (Wildman–Crippen LogP) is 7.40. The van der Waals surface area contributed by atoms with Gasteiger partial charge in [-0.15, -0.1) is 0 Å². The molecule has 0 fully saturated rings. The molecule has 2 aromatic rings. The van der Waals surface area contributed by atoms with Crippen molar-refractivity contribution in [2.45, 2.75) is 65.9 Å². The average Bonchev–Trinajstić information content (AvgIpc) is 2.84. The summed E-state index contributed by atoms with van der Waals surface area (Å²) in [4.78, 5) is 15.8. The third-order valence-electron chi connectivity index (χ3n) is 7.12. The van der Waals surface area contributed by atoms with E-state index in [2.05, 4.69) is 70.2 Å². The summed E-state index contributed by atoms with van der Waals surface area (Å²) < 4.78 is 6.30. The highest BCUT2D eigenvalue weighted by molar-refractivity contribution is 5.97. The number of anilines is 1. The Bertz CT molecular complexity index is 1020. The van der Waals surface area contributed by atoms with Crippen molar-refractivity contribution in [1.82, 2.24) is 0 Å². The molecule has 33 heavy (non-hydrogen) atoms. The molecule has 0 aromatic heterocycles. The Morgan fingerprint density at radius 3 is 2.48 bits per heavy atom. The van der Waals surface area contributed by atoms with Crippen molar-refractivity contribution in [3.05, 3.63) is 88.7 Å². The van der Waals surface area contributed by atoms with E-state index in [9.17, 15) is 4.79 Å². The second-order valence-electron chi connectivity index (χ2n) is 9.69. The first kappa shape index (κ1) is 23.4. The van der Waals surface area contributed by atoms with Gasteiger partial charge in [0.1, 0.15) is 12.4 Å². The SMILES string of the molecule is CCN(C(=O)C1CCCC2=C1C(C)CC=C2OCc1ccccc1)c1ccc(C(C)C)cc1. The van der Waals surface area contributed by atoms with E-state index in [-0.39, 0.29) is 11.8 Å². The number of rotatable bonds is 7. The molecule has 2 aliphatic rings. The third kappa shape index (κ3) is 5.08. The first-order valence-electron chi connectivity index (χ1n) is 12.5. The van der Waals surface area contributed by atoms with Crippen molar-refractivity contribution in [3.63, 3.8) is 0 Å². The van der Waals surface area contributed by atoms with Gasteiger partial charge in [-0.3, -0.25) is 4.79 Å². The number of ether oxygens (including phenoxy) is 1. The Kier molecular flexibility index (Phi) is 7.37. The number of hydrogen-bond donors (Lipinski definition) is 0. The molecule has 0 spiro atoms. The number of carbonyl (C=O) groups excluding carboxylic acids is 1. The zero-order valence-corrected chi connectivity index (χ0v) is 20.5. The van der Waals surface area contributed by atoms with Gasteiger partial charge >= 0.3 is 0 Å². The van der Waals surface area contributed by atoms with E-state index in [4.69, 9.17) is 4.74 Å². The van der Waals surface area contributed by atoms with Gasteiger partial charge in [-0.1, -0.05) is 63.2 Å². The Hall–Kier alpha value is -2.81. The van der Waals surface area contributed by atoms with E-state index < -0.39 is 0 Å². The molecular formula is C30H37NO2. The summed E-state index contributed by atoms with van der Waals surface area (Å²) in [6, 6.07) is 18.8. The second-order valence-corrected chi connectivity index (χ2v) is 9.69. The van der Waals surface area contributed by atoms with Crippen molar-refractivity contribution < 1.29 is 9.53 Å². The normalized spacial score (nSPS) is 20.3. The summed E-state index contributed by atoms with van der Waals surface area (Å²) in [7, 11) is 0. The first-order chi connectivity index (χ1) is 16.0. The quantitative estimate of drug-likeness (QED) is 0.446. The summed E-state index contributed by atoms with van der Waals surface area (Å²) in [6.07, 6.45) is 6.12. The Morgan fingerprint density at radius 2 is 1.82 bits per heavy atom. The fourth-order valence-corrected chi connectivity index (χ4v) is 5.26. The Labute approximate surface area is 199 Å². The van der Waals surface area contributed by atoms with Crippen molar-refractivity contribution in [2.24, 2.45) is 11.8 Å². The van der Waals surface area contributed by atoms with Gasteiger partial charge < -0.3 is 9.64 Å². The lowest BCUT2D eigenvalue weighted by Gasteiger charge is -2.37. The molecule has 0 aliphatic heterocycles. The highest BCUT2D eigenvalue weighted by Gasteiger charge is 2.37. The summed E-state index contributed by atoms with van der Waals surface area (Å²) >= 11 is 0. The van der Waals surface area contributed by atoms with Gasteiger partial charge in [0.05, 0.1) is 5.92 Å². The summed E-state index contributed by atoms with van der Waals surface area (Å²) in [5.74, 6) is 2.03. The van der Waals surface area contributed by atoms with Crippen LogP contribution in [0.4, 0.5) is 5.69 Å². The van der Waals surface area contributed by atoms with Crippen LogP contribution in [0.2, 0.25) is 0 Å². The lowest BCUT2D eigenvalue weighted by Crippen LogP contribution is -2.39. The topological polar surface area (TPSA) is 29.5 Å². The lowest BCUT2D eigenvalue weighted by molar-refractivity contribution is -0.121. The summed E-state index contributed by atoms with van der Waals surface area (Å²) in [5.41, 5.74) is 6.06. The molecule has 0 radical (unpaired) electrons. The fourth-order valence-electron chi connectivity index (χ4n) is 5.26. The zero-order valence-electron chi connectivity index (χ0n) is 20.5. The van der Waals surface area contributed by atoms with Crippen LogP contribution in [0.3, 0.4) is 0 Å². The molecule has 0 N–H and O–H groups in total. The van der Waals surface area contributed by atoms with Crippen LogP contribution < -0.4 is 4.90 Å². The van der Waals surface area contributed by atoms with Gasteiger partial charge in [0.2, 0.25) is 5.91 Å². The van der Waals surface area contributed by atoms with E-state index in [0.717, 1.165) is 37.1 Å². The van der Waals surface area contributed by atoms with Crippen LogP contribution in [0.5, 0.6) is 0 Å². The molecule has 0 heterocycles. The predicted molar refractivity (Wildman–Crippen MR) is 136 cm³/mol. The van der Waals surface area contributed by atoms with Crippen LogP contribution in [0.1, 0.15) is 70.4 Å². The van der Waals surface area contributed by atoms with Crippen LogP contribution in [0.25, 0.3) is 0 Å². The molecule has 174 valence electrons. The minimum atomic E-state index is -0.0579. The zero-order chi connectivity index (χ0) is 23.4. The van der Waals surface area contributed by atoms with Crippen molar-refractivity contribution >= 4 is 11.6 Å². The van der Waals surface area contributed by atoms with Gasteiger partial charge in [-0.2, -0.15) is 0 Å². The van der Waals surface area contributed by atoms with Gasteiger partial charge in [-0.05, 0) is 84.9 Å². The standard InChI is InChI=1S/C30H37NO2/c1-5-31(25-17-15-24(16-18-25)21(2)3)30(32)27-13-9-12-26-28(19-14-22(4)29(26)27)33-20-23-10-7-6-8-11-23/h6-8,10-11,15-19,21-22,27H,5,9,12-14,20H2,1-4H3. The molecule has 0 saturated heterocycles. The highest BCUT2D eigenvalue weighted by Crippen LogP contribution is 2.44. The Morgan fingerprint density at radius 1 is 1.09 bits per heavy atom. The molecule has 3 nitrogen and oxygen atoms in total. The smallest absolute Gasteiger partial charge is 0.234 e. The van der Waals surface area contributed by atoms with E-state index >= 15 is 0 Å². The van der Waals surface area contributed by atoms with Gasteiger partial charge in [0, 0.05) is 12.2 Å². The molecule has 1 amide bonds. The molecule has 0 bridgehead atoms. The van der Waals surface area contributed by atoms with Crippen molar-refractivity contribution in [1.29, 1.82) is 0 Å². The molecular weight excluding hydrogens is 406 g/mol. The van der Waals surface area contributed by atoms with Gasteiger partial charge in [0.25, 0.3) is 0 Å². The molecule has 2 aliphatic carbocycles. The maximum absolute atomic E-state index is 13.9. The number of benzene rings is 2. The van der Waals surface area contributed by atoms with Gasteiger partial charge in [-0.25, -0.2) is 0 Å². The summed E-state index contributed by atoms with van der Waals surface area (Å²) in [6.45, 7) is 9.98. The van der Waals surface area contributed by atoms with Gasteiger partial charge in [0.15, 0.2) is 0 Å². The molecule has 2 aromatic carbocycles. The second kappa shape index (κ2) is 10.4. The van der Waals surface area contributed by atoms with Crippen LogP contribution in [-0.4, -0.2) is 12.5 Å². The van der Waals surface area contributed by atoms with Crippen LogP contribution in [0.15, 0.2) is 77.6 Å². The van der Waals surface area contributed by atoms with E-state index in [1.54, 1.807) is 0 Å². The minimum absolute atomic E-state index is 0.0579. The maximum Gasteiger partial charge on any atom is 0.234 e. The average molecular weight is 444 g/mol. The molecule has 2 unspecified atom stereocenters. The largest absolute Gasteiger partial charge is 0.489 e. The Balaban J connectivity index is 1.57. The maximum atomic E-state index is 13.9. The molecule has 2 atom stereocenters. The number of nitrogens with zero attached hydrogens (tertiary/aromatic N) is 1. The molecule has 3 heteroatoms. The van der Waals surface area contributed by atoms with E-state index in [1.807, 2.05) is 23.1 Å². The summed E-state index contributed by atoms with van der Waals surface area (Å²) in [5, 5.41) is 0. The van der Waals surface area contributed by atoms with E-state index in [1.165, 1.54) is 22.3 Å². The highest BCUT2D eigenvalue weighted by atomic mass is 16.5.